The van der Waals surface area contributed by atoms with Crippen molar-refractivity contribution in [3.8, 4) is 0 Å². The van der Waals surface area contributed by atoms with Crippen LogP contribution in [0.1, 0.15) is 43.9 Å². The number of aliphatic hydroxyl groups excluding tert-OH is 1. The van der Waals surface area contributed by atoms with Crippen LogP contribution >= 0.6 is 0 Å². The molecular formula is C19H25FN4O. The van der Waals surface area contributed by atoms with Gasteiger partial charge in [-0.3, -0.25) is 0 Å². The van der Waals surface area contributed by atoms with Gasteiger partial charge < -0.3 is 15.7 Å². The van der Waals surface area contributed by atoms with Crippen LogP contribution in [0, 0.1) is 18.7 Å². The van der Waals surface area contributed by atoms with E-state index in [2.05, 4.69) is 20.6 Å². The molecule has 3 rings (SSSR count). The van der Waals surface area contributed by atoms with E-state index in [0.29, 0.717) is 23.2 Å². The summed E-state index contributed by atoms with van der Waals surface area (Å²) < 4.78 is 13.5. The van der Waals surface area contributed by atoms with Gasteiger partial charge in [-0.25, -0.2) is 9.37 Å². The molecule has 1 aliphatic carbocycles. The molecular weight excluding hydrogens is 319 g/mol. The molecule has 1 atom stereocenters. The highest BCUT2D eigenvalue weighted by molar-refractivity contribution is 5.59. The molecule has 0 bridgehead atoms. The van der Waals surface area contributed by atoms with Gasteiger partial charge in [0.25, 0.3) is 0 Å². The summed E-state index contributed by atoms with van der Waals surface area (Å²) >= 11 is 0. The van der Waals surface area contributed by atoms with E-state index < -0.39 is 0 Å². The standard InChI is InChI=1S/C19H25FN4O/c1-11(2)17(10-25)23-19-22-16(13-4-5-13)9-18(24-19)21-14-6-7-15(20)12(3)8-14/h6-9,11,13,17,25H,4-5,10H2,1-3H3,(H2,21,22,23,24)/t17-/m1/s1. The number of hydrogen-bond donors (Lipinski definition) is 3. The van der Waals surface area contributed by atoms with Crippen LogP contribution in [0.5, 0.6) is 0 Å². The van der Waals surface area contributed by atoms with Crippen molar-refractivity contribution in [2.45, 2.75) is 45.6 Å². The Morgan fingerprint density at radius 3 is 2.60 bits per heavy atom. The molecule has 2 aromatic rings. The van der Waals surface area contributed by atoms with Crippen LogP contribution in [-0.4, -0.2) is 27.7 Å². The van der Waals surface area contributed by atoms with Crippen LogP contribution in [0.2, 0.25) is 0 Å². The first-order valence-corrected chi connectivity index (χ1v) is 8.76. The third-order valence-corrected chi connectivity index (χ3v) is 4.49. The summed E-state index contributed by atoms with van der Waals surface area (Å²) in [6.45, 7) is 5.84. The number of aromatic nitrogens is 2. The van der Waals surface area contributed by atoms with Gasteiger partial charge in [0, 0.05) is 17.7 Å². The van der Waals surface area contributed by atoms with Crippen molar-refractivity contribution in [3.05, 3.63) is 41.3 Å². The fourth-order valence-electron chi connectivity index (χ4n) is 2.64. The number of halogens is 1. The second-order valence-electron chi connectivity index (χ2n) is 7.04. The Balaban J connectivity index is 1.86. The van der Waals surface area contributed by atoms with E-state index in [0.717, 1.165) is 24.2 Å². The first kappa shape index (κ1) is 17.6. The number of aliphatic hydroxyl groups is 1. The summed E-state index contributed by atoms with van der Waals surface area (Å²) in [6, 6.07) is 6.74. The maximum absolute atomic E-state index is 13.5. The first-order chi connectivity index (χ1) is 12.0. The van der Waals surface area contributed by atoms with E-state index in [1.54, 1.807) is 19.1 Å². The minimum atomic E-state index is -0.225. The van der Waals surface area contributed by atoms with Crippen LogP contribution in [0.15, 0.2) is 24.3 Å². The van der Waals surface area contributed by atoms with Crippen LogP contribution < -0.4 is 10.6 Å². The lowest BCUT2D eigenvalue weighted by molar-refractivity contribution is 0.248. The number of hydrogen-bond acceptors (Lipinski definition) is 5. The normalized spacial score (nSPS) is 15.3. The van der Waals surface area contributed by atoms with Crippen LogP contribution in [0.25, 0.3) is 0 Å². The molecule has 1 fully saturated rings. The molecule has 0 spiro atoms. The highest BCUT2D eigenvalue weighted by Gasteiger charge is 2.26. The van der Waals surface area contributed by atoms with E-state index in [4.69, 9.17) is 0 Å². The maximum atomic E-state index is 13.5. The molecule has 0 radical (unpaired) electrons. The van der Waals surface area contributed by atoms with Crippen molar-refractivity contribution in [2.24, 2.45) is 5.92 Å². The highest BCUT2D eigenvalue weighted by atomic mass is 19.1. The first-order valence-electron chi connectivity index (χ1n) is 8.76. The Kier molecular flexibility index (Phi) is 5.18. The van der Waals surface area contributed by atoms with Crippen LogP contribution in [-0.2, 0) is 0 Å². The van der Waals surface area contributed by atoms with E-state index >= 15 is 0 Å². The number of anilines is 3. The number of aryl methyl sites for hydroxylation is 1. The zero-order valence-corrected chi connectivity index (χ0v) is 14.9. The molecule has 0 aliphatic heterocycles. The molecule has 1 saturated carbocycles. The van der Waals surface area contributed by atoms with Crippen molar-refractivity contribution in [1.29, 1.82) is 0 Å². The molecule has 3 N–H and O–H groups in total. The minimum Gasteiger partial charge on any atom is -0.394 e. The zero-order chi connectivity index (χ0) is 18.0. The molecule has 5 nitrogen and oxygen atoms in total. The van der Waals surface area contributed by atoms with Gasteiger partial charge in [0.15, 0.2) is 0 Å². The Labute approximate surface area is 147 Å². The lowest BCUT2D eigenvalue weighted by atomic mass is 10.1. The van der Waals surface area contributed by atoms with Gasteiger partial charge >= 0.3 is 0 Å². The highest BCUT2D eigenvalue weighted by Crippen LogP contribution is 2.40. The summed E-state index contributed by atoms with van der Waals surface area (Å²) in [7, 11) is 0. The average molecular weight is 344 g/mol. The lowest BCUT2D eigenvalue weighted by Crippen LogP contribution is -2.30. The number of nitrogens with zero attached hydrogens (tertiary/aromatic N) is 2. The third kappa shape index (κ3) is 4.45. The van der Waals surface area contributed by atoms with Crippen molar-refractivity contribution in [3.63, 3.8) is 0 Å². The summed E-state index contributed by atoms with van der Waals surface area (Å²) in [6.07, 6.45) is 2.28. The molecule has 0 saturated heterocycles. The van der Waals surface area contributed by atoms with E-state index in [9.17, 15) is 9.50 Å². The predicted octanol–water partition coefficient (Wildman–Crippen LogP) is 3.97. The fourth-order valence-corrected chi connectivity index (χ4v) is 2.64. The van der Waals surface area contributed by atoms with Gasteiger partial charge in [0.2, 0.25) is 5.95 Å². The van der Waals surface area contributed by atoms with E-state index in [1.807, 2.05) is 19.9 Å². The quantitative estimate of drug-likeness (QED) is 0.709. The largest absolute Gasteiger partial charge is 0.394 e. The predicted molar refractivity (Wildman–Crippen MR) is 97.8 cm³/mol. The monoisotopic (exact) mass is 344 g/mol. The van der Waals surface area contributed by atoms with Crippen LogP contribution in [0.4, 0.5) is 21.8 Å². The molecule has 25 heavy (non-hydrogen) atoms. The Bertz CT molecular complexity index is 746. The Morgan fingerprint density at radius 1 is 1.24 bits per heavy atom. The van der Waals surface area contributed by atoms with Crippen molar-refractivity contribution in [2.75, 3.05) is 17.2 Å². The topological polar surface area (TPSA) is 70.1 Å². The van der Waals surface area contributed by atoms with Gasteiger partial charge in [0.1, 0.15) is 11.6 Å². The smallest absolute Gasteiger partial charge is 0.225 e. The minimum absolute atomic E-state index is 0.0224. The summed E-state index contributed by atoms with van der Waals surface area (Å²) in [5, 5.41) is 16.0. The molecule has 1 aliphatic rings. The van der Waals surface area contributed by atoms with Crippen molar-refractivity contribution in [1.82, 2.24) is 9.97 Å². The molecule has 0 amide bonds. The summed E-state index contributed by atoms with van der Waals surface area (Å²) in [5.74, 6) is 1.70. The second-order valence-corrected chi connectivity index (χ2v) is 7.04. The van der Waals surface area contributed by atoms with E-state index in [1.165, 1.54) is 6.07 Å². The van der Waals surface area contributed by atoms with Gasteiger partial charge in [-0.05, 0) is 49.4 Å². The van der Waals surface area contributed by atoms with Crippen LogP contribution in [0.3, 0.4) is 0 Å². The van der Waals surface area contributed by atoms with Crippen molar-refractivity contribution >= 4 is 17.5 Å². The SMILES string of the molecule is Cc1cc(Nc2cc(C3CC3)nc(N[C@H](CO)C(C)C)n2)ccc1F. The second kappa shape index (κ2) is 7.35. The maximum Gasteiger partial charge on any atom is 0.225 e. The Hall–Kier alpha value is -2.21. The molecule has 1 aromatic heterocycles. The fraction of sp³-hybridized carbons (Fsp3) is 0.474. The number of nitrogens with one attached hydrogen (secondary N) is 2. The number of rotatable bonds is 7. The zero-order valence-electron chi connectivity index (χ0n) is 14.9. The third-order valence-electron chi connectivity index (χ3n) is 4.49. The van der Waals surface area contributed by atoms with Gasteiger partial charge in [0.05, 0.1) is 18.3 Å². The van der Waals surface area contributed by atoms with Gasteiger partial charge in [-0.1, -0.05) is 13.8 Å². The Morgan fingerprint density at radius 2 is 2.00 bits per heavy atom. The van der Waals surface area contributed by atoms with Gasteiger partial charge in [-0.2, -0.15) is 4.98 Å². The van der Waals surface area contributed by atoms with E-state index in [-0.39, 0.29) is 24.4 Å². The average Bonchev–Trinajstić information content (AvgIpc) is 3.40. The molecule has 134 valence electrons. The molecule has 1 aromatic carbocycles. The molecule has 0 unspecified atom stereocenters. The summed E-state index contributed by atoms with van der Waals surface area (Å²) in [5.41, 5.74) is 2.37. The lowest BCUT2D eigenvalue weighted by Gasteiger charge is -2.20. The molecule has 1 heterocycles. The molecule has 6 heteroatoms. The van der Waals surface area contributed by atoms with Crippen molar-refractivity contribution < 1.29 is 9.50 Å². The van der Waals surface area contributed by atoms with Gasteiger partial charge in [-0.15, -0.1) is 0 Å². The number of benzene rings is 1. The summed E-state index contributed by atoms with van der Waals surface area (Å²) in [4.78, 5) is 9.13.